The molecule has 0 aromatic heterocycles. The van der Waals surface area contributed by atoms with Crippen molar-refractivity contribution in [3.05, 3.63) is 53.8 Å². The normalized spacial score (nSPS) is 18.1. The molecule has 0 spiro atoms. The topological polar surface area (TPSA) is 87.7 Å². The number of carbonyl (C=O) groups is 1. The predicted molar refractivity (Wildman–Crippen MR) is 130 cm³/mol. The summed E-state index contributed by atoms with van der Waals surface area (Å²) >= 11 is 0. The number of rotatable bonds is 9. The third-order valence-electron chi connectivity index (χ3n) is 6.78. The smallest absolute Gasteiger partial charge is 0.414 e. The quantitative estimate of drug-likeness (QED) is 0.524. The minimum absolute atomic E-state index is 0.00173. The van der Waals surface area contributed by atoms with Gasteiger partial charge in [0, 0.05) is 6.54 Å². The molecule has 7 nitrogen and oxygen atoms in total. The lowest BCUT2D eigenvalue weighted by molar-refractivity contribution is 0.181. The highest BCUT2D eigenvalue weighted by Crippen LogP contribution is 2.30. The van der Waals surface area contributed by atoms with Crippen LogP contribution in [0.3, 0.4) is 0 Å². The van der Waals surface area contributed by atoms with Gasteiger partial charge in [-0.05, 0) is 48.2 Å². The zero-order valence-electron chi connectivity index (χ0n) is 19.4. The molecule has 184 valence electrons. The number of benzene rings is 2. The van der Waals surface area contributed by atoms with E-state index in [-0.39, 0.29) is 23.7 Å². The van der Waals surface area contributed by atoms with Crippen LogP contribution in [0.25, 0.3) is 0 Å². The second kappa shape index (κ2) is 10.7. The van der Waals surface area contributed by atoms with Crippen molar-refractivity contribution in [1.29, 1.82) is 0 Å². The first kappa shape index (κ1) is 24.5. The largest absolute Gasteiger partial charge is 0.447 e. The minimum atomic E-state index is -4.02. The second-order valence-corrected chi connectivity index (χ2v) is 10.8. The average Bonchev–Trinajstić information content (AvgIpc) is 3.26. The number of nitrogens with zero attached hydrogens (tertiary/aromatic N) is 1. The molecule has 2 aliphatic rings. The van der Waals surface area contributed by atoms with Gasteiger partial charge < -0.3 is 10.1 Å². The summed E-state index contributed by atoms with van der Waals surface area (Å²) in [4.78, 5) is 12.6. The van der Waals surface area contributed by atoms with Crippen LogP contribution in [0, 0.1) is 17.7 Å². The Balaban J connectivity index is 1.42. The van der Waals surface area contributed by atoms with E-state index in [4.69, 9.17) is 4.74 Å². The summed E-state index contributed by atoms with van der Waals surface area (Å²) in [5.41, 5.74) is 1.27. The number of ether oxygens (including phenoxy) is 1. The van der Waals surface area contributed by atoms with Crippen LogP contribution in [0.1, 0.15) is 44.6 Å². The van der Waals surface area contributed by atoms with Crippen LogP contribution in [-0.2, 0) is 21.3 Å². The maximum Gasteiger partial charge on any atom is 0.414 e. The highest BCUT2D eigenvalue weighted by molar-refractivity contribution is 7.92. The van der Waals surface area contributed by atoms with Gasteiger partial charge in [0.1, 0.15) is 12.4 Å². The highest BCUT2D eigenvalue weighted by Gasteiger charge is 2.27. The summed E-state index contributed by atoms with van der Waals surface area (Å²) in [6, 6.07) is 10.7. The molecule has 4 rings (SSSR count). The molecular formula is C25H32FN3O4S. The van der Waals surface area contributed by atoms with E-state index in [2.05, 4.69) is 17.0 Å². The number of cyclic esters (lactones) is 1. The van der Waals surface area contributed by atoms with Gasteiger partial charge in [-0.15, -0.1) is 0 Å². The van der Waals surface area contributed by atoms with Crippen molar-refractivity contribution in [2.24, 2.45) is 11.8 Å². The molecule has 1 saturated heterocycles. The standard InChI is InChI=1S/C25H32FN3O4S/c1-18(19-7-3-2-4-8-19)16-27-17-20-9-5-6-10-23(20)28-34(31,32)21-11-12-24(22(26)15-21)29-13-14-33-25(29)30/h5-6,9-12,15,18-19,27-28H,2-4,7-8,13-14,16-17H2,1H3. The number of amides is 1. The fourth-order valence-corrected chi connectivity index (χ4v) is 5.88. The molecule has 2 aromatic rings. The molecule has 1 unspecified atom stereocenters. The van der Waals surface area contributed by atoms with Gasteiger partial charge in [0.2, 0.25) is 0 Å². The molecule has 1 amide bonds. The maximum atomic E-state index is 14.7. The van der Waals surface area contributed by atoms with Gasteiger partial charge in [0.25, 0.3) is 10.0 Å². The number of sulfonamides is 1. The van der Waals surface area contributed by atoms with E-state index in [0.717, 1.165) is 29.0 Å². The van der Waals surface area contributed by atoms with Crippen molar-refractivity contribution in [1.82, 2.24) is 5.32 Å². The van der Waals surface area contributed by atoms with Gasteiger partial charge in [-0.2, -0.15) is 0 Å². The molecule has 0 radical (unpaired) electrons. The summed E-state index contributed by atoms with van der Waals surface area (Å²) in [5, 5.41) is 3.47. The number of anilines is 2. The zero-order chi connectivity index (χ0) is 24.1. The van der Waals surface area contributed by atoms with Crippen LogP contribution in [-0.4, -0.2) is 34.2 Å². The monoisotopic (exact) mass is 489 g/mol. The van der Waals surface area contributed by atoms with Gasteiger partial charge in [0.15, 0.2) is 0 Å². The number of nitrogens with one attached hydrogen (secondary N) is 2. The zero-order valence-corrected chi connectivity index (χ0v) is 20.2. The Labute approximate surface area is 200 Å². The second-order valence-electron chi connectivity index (χ2n) is 9.15. The molecule has 2 aromatic carbocycles. The number of para-hydroxylation sites is 1. The molecule has 0 bridgehead atoms. The van der Waals surface area contributed by atoms with Crippen LogP contribution in [0.5, 0.6) is 0 Å². The fourth-order valence-electron chi connectivity index (χ4n) is 4.77. The van der Waals surface area contributed by atoms with Crippen molar-refractivity contribution in [2.45, 2.75) is 50.5 Å². The summed E-state index contributed by atoms with van der Waals surface area (Å²) in [5.74, 6) is 0.516. The van der Waals surface area contributed by atoms with E-state index in [1.165, 1.54) is 44.2 Å². The van der Waals surface area contributed by atoms with Crippen molar-refractivity contribution in [2.75, 3.05) is 29.3 Å². The van der Waals surface area contributed by atoms with E-state index in [9.17, 15) is 17.6 Å². The first-order valence-electron chi connectivity index (χ1n) is 11.9. The van der Waals surface area contributed by atoms with Gasteiger partial charge in [-0.1, -0.05) is 57.2 Å². The van der Waals surface area contributed by atoms with E-state index in [1.807, 2.05) is 12.1 Å². The van der Waals surface area contributed by atoms with Gasteiger partial charge in [-0.3, -0.25) is 9.62 Å². The third-order valence-corrected chi connectivity index (χ3v) is 8.14. The van der Waals surface area contributed by atoms with Crippen molar-refractivity contribution >= 4 is 27.5 Å². The number of hydrogen-bond acceptors (Lipinski definition) is 5. The Hall–Kier alpha value is -2.65. The predicted octanol–water partition coefficient (Wildman–Crippen LogP) is 4.89. The molecule has 1 aliphatic heterocycles. The van der Waals surface area contributed by atoms with Crippen LogP contribution in [0.15, 0.2) is 47.4 Å². The fraction of sp³-hybridized carbons (Fsp3) is 0.480. The lowest BCUT2D eigenvalue weighted by Gasteiger charge is -2.28. The van der Waals surface area contributed by atoms with Gasteiger partial charge in [0.05, 0.1) is 22.8 Å². The lowest BCUT2D eigenvalue weighted by Crippen LogP contribution is -2.27. The minimum Gasteiger partial charge on any atom is -0.447 e. The summed E-state index contributed by atoms with van der Waals surface area (Å²) in [7, 11) is -4.02. The molecule has 2 fully saturated rings. The Bertz CT molecular complexity index is 1120. The Morgan fingerprint density at radius 1 is 1.15 bits per heavy atom. The first-order valence-corrected chi connectivity index (χ1v) is 13.4. The van der Waals surface area contributed by atoms with Crippen molar-refractivity contribution < 1.29 is 22.3 Å². The van der Waals surface area contributed by atoms with Crippen LogP contribution in [0.2, 0.25) is 0 Å². The Morgan fingerprint density at radius 2 is 1.91 bits per heavy atom. The van der Waals surface area contributed by atoms with E-state index in [1.54, 1.807) is 12.1 Å². The van der Waals surface area contributed by atoms with Gasteiger partial charge >= 0.3 is 6.09 Å². The van der Waals surface area contributed by atoms with E-state index in [0.29, 0.717) is 18.2 Å². The number of carbonyl (C=O) groups excluding carboxylic acids is 1. The molecule has 9 heteroatoms. The SMILES string of the molecule is CC(CNCc1ccccc1NS(=O)(=O)c1ccc(N2CCOC2=O)c(F)c1)C1CCCCC1. The first-order chi connectivity index (χ1) is 16.3. The van der Waals surface area contributed by atoms with Crippen LogP contribution in [0.4, 0.5) is 20.6 Å². The van der Waals surface area contributed by atoms with E-state index >= 15 is 0 Å². The molecule has 2 N–H and O–H groups in total. The summed E-state index contributed by atoms with van der Waals surface area (Å²) < 4.78 is 48.1. The molecule has 1 heterocycles. The maximum absolute atomic E-state index is 14.7. The summed E-state index contributed by atoms with van der Waals surface area (Å²) in [6.45, 7) is 4.07. The number of halogens is 1. The summed E-state index contributed by atoms with van der Waals surface area (Å²) in [6.07, 6.45) is 5.88. The Kier molecular flexibility index (Phi) is 7.73. The molecule has 34 heavy (non-hydrogen) atoms. The Morgan fingerprint density at radius 3 is 2.62 bits per heavy atom. The highest BCUT2D eigenvalue weighted by atomic mass is 32.2. The third kappa shape index (κ3) is 5.70. The number of hydrogen-bond donors (Lipinski definition) is 2. The van der Waals surface area contributed by atoms with Crippen molar-refractivity contribution in [3.63, 3.8) is 0 Å². The average molecular weight is 490 g/mol. The lowest BCUT2D eigenvalue weighted by atomic mass is 9.81. The van der Waals surface area contributed by atoms with Crippen molar-refractivity contribution in [3.8, 4) is 0 Å². The molecule has 1 atom stereocenters. The molecular weight excluding hydrogens is 457 g/mol. The van der Waals surface area contributed by atoms with E-state index < -0.39 is 21.9 Å². The van der Waals surface area contributed by atoms with Crippen LogP contribution < -0.4 is 14.9 Å². The van der Waals surface area contributed by atoms with Gasteiger partial charge in [-0.25, -0.2) is 17.6 Å². The molecule has 1 saturated carbocycles. The molecule has 1 aliphatic carbocycles. The van der Waals surface area contributed by atoms with Crippen LogP contribution >= 0.6 is 0 Å².